The zero-order valence-electron chi connectivity index (χ0n) is 12.4. The van der Waals surface area contributed by atoms with Gasteiger partial charge in [-0.15, -0.1) is 11.3 Å². The molecule has 0 spiro atoms. The number of hydrogen-bond acceptors (Lipinski definition) is 5. The molecule has 1 aromatic rings. The van der Waals surface area contributed by atoms with Crippen LogP contribution in [0.2, 0.25) is 0 Å². The minimum Gasteiger partial charge on any atom is -0.469 e. The smallest absolute Gasteiger partial charge is 0.305 e. The van der Waals surface area contributed by atoms with Gasteiger partial charge in [0.05, 0.1) is 19.2 Å². The number of nitrogens with zero attached hydrogens (tertiary/aromatic N) is 2. The molecule has 0 unspecified atom stereocenters. The van der Waals surface area contributed by atoms with E-state index in [2.05, 4.69) is 27.0 Å². The zero-order chi connectivity index (χ0) is 14.4. The maximum absolute atomic E-state index is 11.2. The summed E-state index contributed by atoms with van der Waals surface area (Å²) in [7, 11) is 3.58. The number of carbonyl (C=O) groups is 1. The van der Waals surface area contributed by atoms with E-state index in [1.165, 1.54) is 45.6 Å². The van der Waals surface area contributed by atoms with Crippen molar-refractivity contribution in [3.63, 3.8) is 0 Å². The van der Waals surface area contributed by atoms with Gasteiger partial charge in [0.25, 0.3) is 0 Å². The van der Waals surface area contributed by atoms with E-state index in [0.717, 1.165) is 10.8 Å². The van der Waals surface area contributed by atoms with Crippen LogP contribution in [-0.4, -0.2) is 31.2 Å². The lowest BCUT2D eigenvalue weighted by Gasteiger charge is -2.26. The highest BCUT2D eigenvalue weighted by molar-refractivity contribution is 7.13. The lowest BCUT2D eigenvalue weighted by atomic mass is 10.1. The Labute approximate surface area is 125 Å². The maximum Gasteiger partial charge on any atom is 0.305 e. The van der Waals surface area contributed by atoms with Crippen LogP contribution in [0.4, 0.5) is 5.13 Å². The molecule has 0 aromatic carbocycles. The number of esters is 1. The fourth-order valence-electron chi connectivity index (χ4n) is 2.71. The number of methoxy groups -OCH3 is 1. The van der Waals surface area contributed by atoms with Crippen molar-refractivity contribution in [1.82, 2.24) is 4.98 Å². The molecule has 1 aliphatic rings. The second kappa shape index (κ2) is 7.62. The third-order valence-electron chi connectivity index (χ3n) is 4.03. The molecule has 5 heteroatoms. The summed E-state index contributed by atoms with van der Waals surface area (Å²) < 4.78 is 4.66. The van der Waals surface area contributed by atoms with Gasteiger partial charge in [0, 0.05) is 24.9 Å². The summed E-state index contributed by atoms with van der Waals surface area (Å²) in [5.74, 6) is -0.170. The average molecular weight is 296 g/mol. The normalized spacial score (nSPS) is 16.7. The van der Waals surface area contributed by atoms with Crippen molar-refractivity contribution in [2.24, 2.45) is 0 Å². The van der Waals surface area contributed by atoms with E-state index in [0.29, 0.717) is 18.9 Å². The van der Waals surface area contributed by atoms with Crippen LogP contribution in [-0.2, 0) is 16.0 Å². The van der Waals surface area contributed by atoms with Crippen molar-refractivity contribution >= 4 is 22.4 Å². The molecule has 0 radical (unpaired) electrons. The summed E-state index contributed by atoms with van der Waals surface area (Å²) in [6, 6.07) is 0.622. The SMILES string of the molecule is COC(=O)CCc1csc(N(C)C2CCCCCC2)n1. The number of aryl methyl sites for hydroxylation is 1. The first-order valence-electron chi connectivity index (χ1n) is 7.44. The second-order valence-corrected chi connectivity index (χ2v) is 6.29. The van der Waals surface area contributed by atoms with Gasteiger partial charge in [0.15, 0.2) is 5.13 Å². The Balaban J connectivity index is 1.91. The van der Waals surface area contributed by atoms with Gasteiger partial charge in [-0.05, 0) is 12.8 Å². The highest BCUT2D eigenvalue weighted by Gasteiger charge is 2.19. The highest BCUT2D eigenvalue weighted by atomic mass is 32.1. The van der Waals surface area contributed by atoms with Gasteiger partial charge in [-0.2, -0.15) is 0 Å². The summed E-state index contributed by atoms with van der Waals surface area (Å²) in [6.07, 6.45) is 9.01. The van der Waals surface area contributed by atoms with Gasteiger partial charge in [0.2, 0.25) is 0 Å². The number of hydrogen-bond donors (Lipinski definition) is 0. The Kier molecular flexibility index (Phi) is 5.83. The molecule has 4 nitrogen and oxygen atoms in total. The van der Waals surface area contributed by atoms with E-state index >= 15 is 0 Å². The predicted octanol–water partition coefficient (Wildman–Crippen LogP) is 3.41. The number of carbonyl (C=O) groups excluding carboxylic acids is 1. The lowest BCUT2D eigenvalue weighted by molar-refractivity contribution is -0.140. The van der Waals surface area contributed by atoms with Gasteiger partial charge in [-0.25, -0.2) is 4.98 Å². The molecule has 1 saturated carbocycles. The fraction of sp³-hybridized carbons (Fsp3) is 0.733. The molecule has 0 amide bonds. The van der Waals surface area contributed by atoms with Crippen molar-refractivity contribution in [3.8, 4) is 0 Å². The number of rotatable bonds is 5. The first-order chi connectivity index (χ1) is 9.70. The lowest BCUT2D eigenvalue weighted by Crippen LogP contribution is -2.30. The van der Waals surface area contributed by atoms with E-state index in [1.54, 1.807) is 11.3 Å². The highest BCUT2D eigenvalue weighted by Crippen LogP contribution is 2.28. The van der Waals surface area contributed by atoms with Crippen molar-refractivity contribution in [3.05, 3.63) is 11.1 Å². The molecule has 0 N–H and O–H groups in total. The van der Waals surface area contributed by atoms with Crippen molar-refractivity contribution in [2.45, 2.75) is 57.4 Å². The molecule has 1 aliphatic carbocycles. The molecule has 0 atom stereocenters. The number of ether oxygens (including phenoxy) is 1. The van der Waals surface area contributed by atoms with Crippen LogP contribution in [0, 0.1) is 0 Å². The molecule has 1 fully saturated rings. The van der Waals surface area contributed by atoms with Crippen LogP contribution in [0.25, 0.3) is 0 Å². The number of aromatic nitrogens is 1. The minimum absolute atomic E-state index is 0.170. The van der Waals surface area contributed by atoms with Crippen LogP contribution >= 0.6 is 11.3 Å². The van der Waals surface area contributed by atoms with Gasteiger partial charge in [-0.1, -0.05) is 25.7 Å². The molecule has 1 aromatic heterocycles. The number of thiazole rings is 1. The van der Waals surface area contributed by atoms with Gasteiger partial charge in [-0.3, -0.25) is 4.79 Å². The van der Waals surface area contributed by atoms with Gasteiger partial charge >= 0.3 is 5.97 Å². The van der Waals surface area contributed by atoms with E-state index in [-0.39, 0.29) is 5.97 Å². The molecule has 1 heterocycles. The summed E-state index contributed by atoms with van der Waals surface area (Å²) in [5.41, 5.74) is 0.996. The average Bonchev–Trinajstić information content (AvgIpc) is 2.77. The van der Waals surface area contributed by atoms with E-state index in [4.69, 9.17) is 0 Å². The Morgan fingerprint density at radius 2 is 2.10 bits per heavy atom. The van der Waals surface area contributed by atoms with E-state index in [9.17, 15) is 4.79 Å². The minimum atomic E-state index is -0.170. The quantitative estimate of drug-likeness (QED) is 0.617. The fourth-order valence-corrected chi connectivity index (χ4v) is 3.60. The summed E-state index contributed by atoms with van der Waals surface area (Å²) in [5, 5.41) is 3.14. The molecule has 0 saturated heterocycles. The van der Waals surface area contributed by atoms with Gasteiger partial charge in [0.1, 0.15) is 0 Å². The maximum atomic E-state index is 11.2. The molecule has 0 bridgehead atoms. The molecule has 20 heavy (non-hydrogen) atoms. The molecule has 0 aliphatic heterocycles. The van der Waals surface area contributed by atoms with Crippen LogP contribution in [0.15, 0.2) is 5.38 Å². The van der Waals surface area contributed by atoms with Crippen LogP contribution in [0.3, 0.4) is 0 Å². The Morgan fingerprint density at radius 3 is 2.75 bits per heavy atom. The zero-order valence-corrected chi connectivity index (χ0v) is 13.2. The van der Waals surface area contributed by atoms with Gasteiger partial charge < -0.3 is 9.64 Å². The predicted molar refractivity (Wildman–Crippen MR) is 82.3 cm³/mol. The Bertz CT molecular complexity index is 425. The van der Waals surface area contributed by atoms with Crippen LogP contribution < -0.4 is 4.90 Å². The largest absolute Gasteiger partial charge is 0.469 e. The summed E-state index contributed by atoms with van der Waals surface area (Å²) in [4.78, 5) is 18.1. The van der Waals surface area contributed by atoms with Crippen molar-refractivity contribution in [2.75, 3.05) is 19.1 Å². The molecule has 2 rings (SSSR count). The second-order valence-electron chi connectivity index (χ2n) is 5.45. The molecular weight excluding hydrogens is 272 g/mol. The van der Waals surface area contributed by atoms with Crippen molar-refractivity contribution in [1.29, 1.82) is 0 Å². The topological polar surface area (TPSA) is 42.4 Å². The van der Waals surface area contributed by atoms with Crippen LogP contribution in [0.5, 0.6) is 0 Å². The molecular formula is C15H24N2O2S. The third kappa shape index (κ3) is 4.20. The number of anilines is 1. The van der Waals surface area contributed by atoms with E-state index < -0.39 is 0 Å². The van der Waals surface area contributed by atoms with E-state index in [1.807, 2.05) is 0 Å². The monoisotopic (exact) mass is 296 g/mol. The third-order valence-corrected chi connectivity index (χ3v) is 5.01. The molecule has 112 valence electrons. The first-order valence-corrected chi connectivity index (χ1v) is 8.32. The summed E-state index contributed by atoms with van der Waals surface area (Å²) in [6.45, 7) is 0. The summed E-state index contributed by atoms with van der Waals surface area (Å²) >= 11 is 1.68. The Hall–Kier alpha value is -1.10. The van der Waals surface area contributed by atoms with Crippen molar-refractivity contribution < 1.29 is 9.53 Å². The Morgan fingerprint density at radius 1 is 1.40 bits per heavy atom. The first kappa shape index (κ1) is 15.3. The standard InChI is InChI=1S/C15H24N2O2S/c1-17(13-7-5-3-4-6-8-13)15-16-12(11-20-15)9-10-14(18)19-2/h11,13H,3-10H2,1-2H3. The van der Waals surface area contributed by atoms with Crippen LogP contribution in [0.1, 0.15) is 50.6 Å².